The van der Waals surface area contributed by atoms with Crippen LogP contribution in [0.4, 0.5) is 0 Å². The van der Waals surface area contributed by atoms with Crippen molar-refractivity contribution in [3.8, 4) is 0 Å². The van der Waals surface area contributed by atoms with Crippen molar-refractivity contribution < 1.29 is 20.1 Å². The van der Waals surface area contributed by atoms with E-state index >= 15 is 0 Å². The van der Waals surface area contributed by atoms with Crippen LogP contribution in [-0.4, -0.2) is 38.8 Å². The summed E-state index contributed by atoms with van der Waals surface area (Å²) in [6.45, 7) is 0.263. The van der Waals surface area contributed by atoms with Gasteiger partial charge in [0.25, 0.3) is 0 Å². The van der Waals surface area contributed by atoms with Gasteiger partial charge in [-0.05, 0) is 0 Å². The number of hydrogen-bond donors (Lipinski definition) is 3. The molecule has 0 aliphatic heterocycles. The van der Waals surface area contributed by atoms with Gasteiger partial charge in [-0.15, -0.1) is 0 Å². The smallest absolute Gasteiger partial charge is 0.221 e. The average Bonchev–Trinajstić information content (AvgIpc) is 1.98. The van der Waals surface area contributed by atoms with Crippen molar-refractivity contribution in [3.63, 3.8) is 0 Å². The molecule has 0 unspecified atom stereocenters. The molecule has 4 nitrogen and oxygen atoms in total. The van der Waals surface area contributed by atoms with E-state index in [9.17, 15) is 5.11 Å². The van der Waals surface area contributed by atoms with E-state index in [2.05, 4.69) is 15.9 Å². The van der Waals surface area contributed by atoms with Gasteiger partial charge in [0, 0.05) is 18.2 Å². The van der Waals surface area contributed by atoms with Crippen LogP contribution < -0.4 is 0 Å². The van der Waals surface area contributed by atoms with Crippen molar-refractivity contribution in [3.05, 3.63) is 0 Å². The molecule has 1 atom stereocenters. The van der Waals surface area contributed by atoms with Crippen molar-refractivity contribution in [2.24, 2.45) is 0 Å². The van der Waals surface area contributed by atoms with E-state index in [0.717, 1.165) is 0 Å². The zero-order valence-electron chi connectivity index (χ0n) is 5.96. The standard InChI is InChI=1S/C6H11BrO4/c7-3-4-11-6(10)2-1-5(6,8)9/h8-10H,1-4H2/t6-/m1/s1. The second-order valence-electron chi connectivity index (χ2n) is 2.64. The molecule has 5 heteroatoms. The molecule has 0 bridgehead atoms. The van der Waals surface area contributed by atoms with Gasteiger partial charge in [-0.2, -0.15) is 0 Å². The van der Waals surface area contributed by atoms with Crippen molar-refractivity contribution >= 4 is 15.9 Å². The maximum Gasteiger partial charge on any atom is 0.221 e. The lowest BCUT2D eigenvalue weighted by molar-refractivity contribution is -0.422. The Morgan fingerprint density at radius 1 is 1.27 bits per heavy atom. The molecule has 1 aliphatic rings. The minimum absolute atomic E-state index is 0.159. The molecule has 1 saturated carbocycles. The molecule has 66 valence electrons. The fraction of sp³-hybridized carbons (Fsp3) is 1.00. The molecule has 0 radical (unpaired) electrons. The first-order valence-electron chi connectivity index (χ1n) is 3.39. The third kappa shape index (κ3) is 1.57. The van der Waals surface area contributed by atoms with Crippen LogP contribution in [0.3, 0.4) is 0 Å². The van der Waals surface area contributed by atoms with Crippen molar-refractivity contribution in [2.75, 3.05) is 11.9 Å². The normalized spacial score (nSPS) is 34.9. The van der Waals surface area contributed by atoms with E-state index in [4.69, 9.17) is 14.9 Å². The van der Waals surface area contributed by atoms with Gasteiger partial charge in [0.15, 0.2) is 0 Å². The monoisotopic (exact) mass is 226 g/mol. The van der Waals surface area contributed by atoms with Crippen LogP contribution in [0.2, 0.25) is 0 Å². The Hall–Kier alpha value is 0.320. The molecule has 11 heavy (non-hydrogen) atoms. The Morgan fingerprint density at radius 2 is 1.91 bits per heavy atom. The summed E-state index contributed by atoms with van der Waals surface area (Å²) >= 11 is 3.09. The van der Waals surface area contributed by atoms with Gasteiger partial charge in [0.1, 0.15) is 0 Å². The predicted molar refractivity (Wildman–Crippen MR) is 41.1 cm³/mol. The van der Waals surface area contributed by atoms with Crippen LogP contribution in [0.25, 0.3) is 0 Å². The van der Waals surface area contributed by atoms with Gasteiger partial charge in [-0.25, -0.2) is 0 Å². The average molecular weight is 227 g/mol. The lowest BCUT2D eigenvalue weighted by Crippen LogP contribution is -2.64. The molecule has 1 fully saturated rings. The molecule has 0 heterocycles. The number of rotatable bonds is 3. The van der Waals surface area contributed by atoms with Crippen molar-refractivity contribution in [2.45, 2.75) is 24.4 Å². The van der Waals surface area contributed by atoms with E-state index in [0.29, 0.717) is 5.33 Å². The van der Waals surface area contributed by atoms with Gasteiger partial charge < -0.3 is 20.1 Å². The summed E-state index contributed by atoms with van der Waals surface area (Å²) in [5.74, 6) is -3.81. The Morgan fingerprint density at radius 3 is 2.18 bits per heavy atom. The SMILES string of the molecule is OC1(O)CC[C@@]1(O)OCCBr. The summed E-state index contributed by atoms with van der Waals surface area (Å²) in [4.78, 5) is 0. The van der Waals surface area contributed by atoms with Crippen LogP contribution >= 0.6 is 15.9 Å². The number of hydrogen-bond acceptors (Lipinski definition) is 4. The Balaban J connectivity index is 2.41. The first-order chi connectivity index (χ1) is 5.02. The number of aliphatic hydroxyl groups is 3. The Kier molecular flexibility index (Phi) is 2.56. The van der Waals surface area contributed by atoms with E-state index in [1.807, 2.05) is 0 Å². The third-order valence-electron chi connectivity index (χ3n) is 1.86. The fourth-order valence-corrected chi connectivity index (χ4v) is 1.12. The molecule has 1 aliphatic carbocycles. The van der Waals surface area contributed by atoms with Crippen LogP contribution in [0, 0.1) is 0 Å². The van der Waals surface area contributed by atoms with Crippen molar-refractivity contribution in [1.82, 2.24) is 0 Å². The largest absolute Gasteiger partial charge is 0.361 e. The minimum atomic E-state index is -2.06. The summed E-state index contributed by atoms with van der Waals surface area (Å²) in [6.07, 6.45) is 0.429. The highest BCUT2D eigenvalue weighted by Gasteiger charge is 2.58. The summed E-state index contributed by atoms with van der Waals surface area (Å²) < 4.78 is 4.84. The second-order valence-corrected chi connectivity index (χ2v) is 3.43. The predicted octanol–water partition coefficient (Wildman–Crippen LogP) is -0.439. The molecule has 0 aromatic rings. The summed E-state index contributed by atoms with van der Waals surface area (Å²) in [7, 11) is 0. The summed E-state index contributed by atoms with van der Waals surface area (Å²) in [5, 5.41) is 27.9. The molecule has 0 saturated heterocycles. The topological polar surface area (TPSA) is 69.9 Å². The van der Waals surface area contributed by atoms with Crippen molar-refractivity contribution in [1.29, 1.82) is 0 Å². The highest BCUT2D eigenvalue weighted by atomic mass is 79.9. The Bertz CT molecular complexity index is 150. The molecular weight excluding hydrogens is 216 g/mol. The quantitative estimate of drug-likeness (QED) is 0.451. The lowest BCUT2D eigenvalue weighted by atomic mass is 9.83. The molecule has 0 spiro atoms. The molecular formula is C6H11BrO4. The molecule has 0 aromatic heterocycles. The first-order valence-corrected chi connectivity index (χ1v) is 4.51. The van der Waals surface area contributed by atoms with E-state index < -0.39 is 11.6 Å². The molecule has 3 N–H and O–H groups in total. The van der Waals surface area contributed by atoms with Gasteiger partial charge in [-0.1, -0.05) is 15.9 Å². The minimum Gasteiger partial charge on any atom is -0.361 e. The first kappa shape index (κ1) is 9.41. The summed E-state index contributed by atoms with van der Waals surface area (Å²) in [5.41, 5.74) is 0. The zero-order chi connectivity index (χ0) is 8.54. The lowest BCUT2D eigenvalue weighted by Gasteiger charge is -2.47. The van der Waals surface area contributed by atoms with E-state index in [1.165, 1.54) is 0 Å². The van der Waals surface area contributed by atoms with Gasteiger partial charge in [0.05, 0.1) is 6.61 Å². The highest BCUT2D eigenvalue weighted by molar-refractivity contribution is 9.09. The Labute approximate surface area is 72.9 Å². The maximum absolute atomic E-state index is 9.33. The van der Waals surface area contributed by atoms with Crippen LogP contribution in [0.15, 0.2) is 0 Å². The van der Waals surface area contributed by atoms with Gasteiger partial charge in [-0.3, -0.25) is 0 Å². The number of alkyl halides is 1. The summed E-state index contributed by atoms with van der Waals surface area (Å²) in [6, 6.07) is 0. The fourth-order valence-electron chi connectivity index (χ4n) is 0.958. The number of halogens is 1. The third-order valence-corrected chi connectivity index (χ3v) is 2.18. The van der Waals surface area contributed by atoms with Crippen LogP contribution in [-0.2, 0) is 4.74 Å². The van der Waals surface area contributed by atoms with Gasteiger partial charge in [0.2, 0.25) is 11.6 Å². The highest BCUT2D eigenvalue weighted by Crippen LogP contribution is 2.41. The maximum atomic E-state index is 9.33. The van der Waals surface area contributed by atoms with E-state index in [1.54, 1.807) is 0 Å². The number of ether oxygens (including phenoxy) is 1. The zero-order valence-corrected chi connectivity index (χ0v) is 7.54. The molecule has 0 amide bonds. The van der Waals surface area contributed by atoms with E-state index in [-0.39, 0.29) is 19.4 Å². The molecule has 0 aromatic carbocycles. The second kappa shape index (κ2) is 2.99. The molecule has 1 rings (SSSR count). The van der Waals surface area contributed by atoms with Crippen LogP contribution in [0.5, 0.6) is 0 Å². The van der Waals surface area contributed by atoms with Crippen LogP contribution in [0.1, 0.15) is 12.8 Å². The van der Waals surface area contributed by atoms with Gasteiger partial charge >= 0.3 is 0 Å².